The van der Waals surface area contributed by atoms with E-state index in [0.29, 0.717) is 18.3 Å². The Balaban J connectivity index is 1.31. The number of rotatable bonds is 9. The van der Waals surface area contributed by atoms with Gasteiger partial charge in [0.2, 0.25) is 5.82 Å². The predicted molar refractivity (Wildman–Crippen MR) is 137 cm³/mol. The second kappa shape index (κ2) is 12.9. The highest BCUT2D eigenvalue weighted by Crippen LogP contribution is 2.42. The molecule has 1 nitrogen and oxygen atoms in total. The molecule has 0 N–H and O–H groups in total. The molecule has 2 aliphatic rings. The zero-order valence-corrected chi connectivity index (χ0v) is 21.6. The van der Waals surface area contributed by atoms with Crippen LogP contribution in [0, 0.1) is 46.9 Å². The monoisotopic (exact) mass is 520 g/mol. The van der Waals surface area contributed by atoms with Gasteiger partial charge in [-0.15, -0.1) is 0 Å². The van der Waals surface area contributed by atoms with Crippen LogP contribution in [0.1, 0.15) is 70.3 Å². The molecular formula is C31H37F5O. The Bertz CT molecular complexity index is 1070. The second-order valence-electron chi connectivity index (χ2n) is 10.6. The second-order valence-corrected chi connectivity index (χ2v) is 10.6. The zero-order chi connectivity index (χ0) is 26.4. The third-order valence-electron chi connectivity index (χ3n) is 8.49. The normalized spacial score (nSPS) is 24.5. The van der Waals surface area contributed by atoms with Gasteiger partial charge in [0.15, 0.2) is 23.2 Å². The number of hydrogen-bond acceptors (Lipinski definition) is 1. The highest BCUT2D eigenvalue weighted by molar-refractivity contribution is 5.66. The van der Waals surface area contributed by atoms with Crippen LogP contribution in [0.5, 0.6) is 5.75 Å². The Kier molecular flexibility index (Phi) is 9.66. The van der Waals surface area contributed by atoms with Gasteiger partial charge in [-0.3, -0.25) is 0 Å². The van der Waals surface area contributed by atoms with Gasteiger partial charge in [0.05, 0.1) is 6.61 Å². The van der Waals surface area contributed by atoms with Crippen LogP contribution < -0.4 is 4.74 Å². The molecule has 2 aliphatic carbocycles. The number of aryl methyl sites for hydroxylation is 1. The average molecular weight is 521 g/mol. The number of hydrogen-bond donors (Lipinski definition) is 0. The van der Waals surface area contributed by atoms with E-state index < -0.39 is 23.3 Å². The van der Waals surface area contributed by atoms with Crippen LogP contribution in [0.4, 0.5) is 22.0 Å². The quantitative estimate of drug-likeness (QED) is 0.236. The van der Waals surface area contributed by atoms with E-state index in [2.05, 4.69) is 0 Å². The minimum absolute atomic E-state index is 0.163. The van der Waals surface area contributed by atoms with Crippen molar-refractivity contribution >= 4 is 0 Å². The third kappa shape index (κ3) is 6.56. The van der Waals surface area contributed by atoms with Crippen molar-refractivity contribution in [3.63, 3.8) is 0 Å². The van der Waals surface area contributed by atoms with E-state index in [1.54, 1.807) is 13.0 Å². The fourth-order valence-corrected chi connectivity index (χ4v) is 6.36. The molecule has 0 atom stereocenters. The summed E-state index contributed by atoms with van der Waals surface area (Å²) in [7, 11) is 0. The molecule has 2 fully saturated rings. The minimum Gasteiger partial charge on any atom is -0.491 e. The van der Waals surface area contributed by atoms with Crippen molar-refractivity contribution in [2.75, 3.05) is 13.3 Å². The van der Waals surface area contributed by atoms with E-state index in [1.165, 1.54) is 49.9 Å². The first-order valence-electron chi connectivity index (χ1n) is 13.7. The molecule has 0 spiro atoms. The first kappa shape index (κ1) is 27.7. The molecule has 0 radical (unpaired) electrons. The molecule has 4 rings (SSSR count). The maximum Gasteiger partial charge on any atom is 0.201 e. The number of benzene rings is 2. The fraction of sp³-hybridized carbons (Fsp3) is 0.548. The first-order valence-corrected chi connectivity index (χ1v) is 13.7. The predicted octanol–water partition coefficient (Wildman–Crippen LogP) is 9.38. The van der Waals surface area contributed by atoms with Gasteiger partial charge in [-0.25, -0.2) is 17.6 Å². The van der Waals surface area contributed by atoms with E-state index in [0.717, 1.165) is 43.9 Å². The van der Waals surface area contributed by atoms with Gasteiger partial charge in [0, 0.05) is 11.1 Å². The molecule has 0 amide bonds. The Morgan fingerprint density at radius 3 is 1.97 bits per heavy atom. The van der Waals surface area contributed by atoms with Gasteiger partial charge < -0.3 is 4.74 Å². The van der Waals surface area contributed by atoms with Crippen molar-refractivity contribution < 1.29 is 26.7 Å². The van der Waals surface area contributed by atoms with Crippen molar-refractivity contribution in [1.29, 1.82) is 0 Å². The van der Waals surface area contributed by atoms with Crippen LogP contribution in [0.25, 0.3) is 11.1 Å². The topological polar surface area (TPSA) is 9.23 Å². The lowest BCUT2D eigenvalue weighted by molar-refractivity contribution is 0.152. The van der Waals surface area contributed by atoms with Gasteiger partial charge in [0.1, 0.15) is 6.67 Å². The summed E-state index contributed by atoms with van der Waals surface area (Å²) < 4.78 is 76.0. The third-order valence-corrected chi connectivity index (χ3v) is 8.49. The van der Waals surface area contributed by atoms with Crippen LogP contribution in [-0.4, -0.2) is 13.3 Å². The summed E-state index contributed by atoms with van der Waals surface area (Å²) in [5.41, 5.74) is -0.347. The summed E-state index contributed by atoms with van der Waals surface area (Å²) in [6.45, 7) is 1.43. The van der Waals surface area contributed by atoms with Crippen LogP contribution in [0.3, 0.4) is 0 Å². The molecule has 37 heavy (non-hydrogen) atoms. The molecule has 0 heterocycles. The van der Waals surface area contributed by atoms with E-state index in [-0.39, 0.29) is 35.7 Å². The number of ether oxygens (including phenoxy) is 1. The van der Waals surface area contributed by atoms with Crippen LogP contribution in [-0.2, 0) is 6.42 Å². The van der Waals surface area contributed by atoms with Gasteiger partial charge in [0.25, 0.3) is 0 Å². The maximum atomic E-state index is 14.9. The minimum atomic E-state index is -1.25. The Hall–Kier alpha value is -2.37. The lowest BCUT2D eigenvalue weighted by Crippen LogP contribution is -2.25. The summed E-state index contributed by atoms with van der Waals surface area (Å²) in [5, 5.41) is 0. The molecule has 6 heteroatoms. The largest absolute Gasteiger partial charge is 0.491 e. The van der Waals surface area contributed by atoms with Crippen LogP contribution in [0.2, 0.25) is 0 Å². The summed E-state index contributed by atoms with van der Waals surface area (Å²) in [6, 6.07) is 5.27. The van der Waals surface area contributed by atoms with Crippen molar-refractivity contribution in [2.24, 2.45) is 23.7 Å². The van der Waals surface area contributed by atoms with E-state index in [9.17, 15) is 22.0 Å². The lowest BCUT2D eigenvalue weighted by atomic mass is 9.68. The Morgan fingerprint density at radius 2 is 1.35 bits per heavy atom. The van der Waals surface area contributed by atoms with Crippen LogP contribution >= 0.6 is 0 Å². The first-order chi connectivity index (χ1) is 17.9. The Morgan fingerprint density at radius 1 is 0.757 bits per heavy atom. The SMILES string of the molecule is CCOc1ccc(-c2ccc(CCC3CCC(C4CCC(/C=C/CF)CC4)CC3)c(F)c2F)c(F)c1F. The number of alkyl halides is 1. The van der Waals surface area contributed by atoms with Crippen molar-refractivity contribution in [3.8, 4) is 16.9 Å². The molecule has 0 aromatic heterocycles. The molecule has 2 saturated carbocycles. The summed E-state index contributed by atoms with van der Waals surface area (Å²) >= 11 is 0. The average Bonchev–Trinajstić information content (AvgIpc) is 2.92. The molecule has 202 valence electrons. The van der Waals surface area contributed by atoms with Gasteiger partial charge in [-0.2, -0.15) is 4.39 Å². The standard InChI is InChI=1S/C31H37F5O/c1-2-37-27-18-17-26(30(35)31(27)36)25-16-15-24(28(33)29(25)34)14-9-21-7-12-23(13-8-21)22-10-5-20(6-11-22)4-3-19-32/h3-4,15-18,20-23H,2,5-14,19H2,1H3/b4-3+. The maximum absolute atomic E-state index is 14.9. The van der Waals surface area contributed by atoms with E-state index in [1.807, 2.05) is 6.08 Å². The molecular weight excluding hydrogens is 483 g/mol. The van der Waals surface area contributed by atoms with Gasteiger partial charge in [-0.05, 0) is 99.7 Å². The zero-order valence-electron chi connectivity index (χ0n) is 21.6. The summed E-state index contributed by atoms with van der Waals surface area (Å²) in [6.07, 6.45) is 14.2. The molecule has 0 aliphatic heterocycles. The molecule has 0 saturated heterocycles. The van der Waals surface area contributed by atoms with Gasteiger partial charge >= 0.3 is 0 Å². The smallest absolute Gasteiger partial charge is 0.201 e. The molecule has 2 aromatic rings. The molecule has 0 unspecified atom stereocenters. The van der Waals surface area contributed by atoms with Crippen molar-refractivity contribution in [2.45, 2.75) is 71.1 Å². The van der Waals surface area contributed by atoms with Crippen molar-refractivity contribution in [1.82, 2.24) is 0 Å². The molecule has 2 aromatic carbocycles. The number of halogens is 5. The Labute approximate surface area is 217 Å². The highest BCUT2D eigenvalue weighted by Gasteiger charge is 2.30. The number of allylic oxidation sites excluding steroid dienone is 2. The highest BCUT2D eigenvalue weighted by atomic mass is 19.2. The summed E-state index contributed by atoms with van der Waals surface area (Å²) in [4.78, 5) is 0. The fourth-order valence-electron chi connectivity index (χ4n) is 6.36. The lowest BCUT2D eigenvalue weighted by Gasteiger charge is -2.37. The summed E-state index contributed by atoms with van der Waals surface area (Å²) in [5.74, 6) is -2.36. The van der Waals surface area contributed by atoms with Crippen molar-refractivity contribution in [3.05, 3.63) is 65.2 Å². The van der Waals surface area contributed by atoms with Gasteiger partial charge in [-0.1, -0.05) is 37.1 Å². The van der Waals surface area contributed by atoms with Crippen LogP contribution in [0.15, 0.2) is 36.4 Å². The van der Waals surface area contributed by atoms with E-state index >= 15 is 0 Å². The molecule has 0 bridgehead atoms. The van der Waals surface area contributed by atoms with E-state index in [4.69, 9.17) is 4.74 Å².